The number of carbonyl (C=O) groups excluding carboxylic acids is 2. The summed E-state index contributed by atoms with van der Waals surface area (Å²) in [5, 5.41) is 56.1. The molecule has 0 bridgehead atoms. The Balaban J connectivity index is 2.66. The highest BCUT2D eigenvalue weighted by atomic mass is 16.3. The first kappa shape index (κ1) is 30.8. The second-order valence-electron chi connectivity index (χ2n) is 11.0. The fourth-order valence-electron chi connectivity index (χ4n) is 4.67. The highest BCUT2D eigenvalue weighted by Crippen LogP contribution is 2.52. The van der Waals surface area contributed by atoms with Crippen LogP contribution in [0.1, 0.15) is 93.2 Å². The Morgan fingerprint density at radius 3 is 1.80 bits per heavy atom. The molecule has 3 atom stereocenters. The van der Waals surface area contributed by atoms with Gasteiger partial charge in [0.2, 0.25) is 0 Å². The van der Waals surface area contributed by atoms with E-state index >= 15 is 0 Å². The van der Waals surface area contributed by atoms with Gasteiger partial charge >= 0.3 is 0 Å². The minimum atomic E-state index is -1.13. The van der Waals surface area contributed by atoms with Crippen LogP contribution in [-0.2, 0) is 12.8 Å². The number of rotatable bonds is 11. The van der Waals surface area contributed by atoms with Crippen LogP contribution in [0.5, 0.6) is 23.0 Å². The van der Waals surface area contributed by atoms with Crippen molar-refractivity contribution in [2.24, 2.45) is 11.8 Å². The van der Waals surface area contributed by atoms with Crippen molar-refractivity contribution in [2.45, 2.75) is 80.3 Å². The van der Waals surface area contributed by atoms with Crippen LogP contribution >= 0.6 is 0 Å². The summed E-state index contributed by atoms with van der Waals surface area (Å²) in [5.41, 5.74) is 0.576. The maximum absolute atomic E-state index is 13.6. The number of hydrogen-bond acceptors (Lipinski definition) is 8. The molecule has 216 valence electrons. The summed E-state index contributed by atoms with van der Waals surface area (Å²) in [4.78, 5) is 26.9. The molecule has 0 unspecified atom stereocenters. The van der Waals surface area contributed by atoms with Crippen molar-refractivity contribution in [1.82, 2.24) is 0 Å². The highest BCUT2D eigenvalue weighted by Gasteiger charge is 2.35. The van der Waals surface area contributed by atoms with E-state index in [0.717, 1.165) is 5.57 Å². The largest absolute Gasteiger partial charge is 0.507 e. The van der Waals surface area contributed by atoms with Crippen molar-refractivity contribution in [3.8, 4) is 23.0 Å². The summed E-state index contributed by atoms with van der Waals surface area (Å²) in [6.07, 6.45) is 1.42. The number of hydrogen-bond donors (Lipinski definition) is 5. The molecule has 0 saturated heterocycles. The van der Waals surface area contributed by atoms with E-state index in [4.69, 9.17) is 4.42 Å². The van der Waals surface area contributed by atoms with Crippen LogP contribution < -0.4 is 0 Å². The molecule has 40 heavy (non-hydrogen) atoms. The number of carbonyl (C=O) groups is 2. The zero-order valence-corrected chi connectivity index (χ0v) is 24.3. The van der Waals surface area contributed by atoms with Crippen LogP contribution in [0.4, 0.5) is 0 Å². The summed E-state index contributed by atoms with van der Waals surface area (Å²) in [5.74, 6) is -4.03. The molecule has 3 rings (SSSR count). The van der Waals surface area contributed by atoms with E-state index in [1.807, 2.05) is 20.8 Å². The van der Waals surface area contributed by atoms with E-state index in [1.54, 1.807) is 33.8 Å². The van der Waals surface area contributed by atoms with Gasteiger partial charge in [0.05, 0.1) is 16.9 Å². The number of aliphatic hydroxyl groups is 1. The average molecular weight is 553 g/mol. The summed E-state index contributed by atoms with van der Waals surface area (Å²) in [7, 11) is 0. The Morgan fingerprint density at radius 2 is 1.30 bits per heavy atom. The van der Waals surface area contributed by atoms with E-state index < -0.39 is 52.5 Å². The van der Waals surface area contributed by atoms with Crippen LogP contribution in [0.2, 0.25) is 0 Å². The Labute approximate surface area is 234 Å². The molecule has 8 heteroatoms. The van der Waals surface area contributed by atoms with Gasteiger partial charge in [0.1, 0.15) is 39.7 Å². The van der Waals surface area contributed by atoms with Gasteiger partial charge in [-0.2, -0.15) is 0 Å². The zero-order chi connectivity index (χ0) is 30.2. The molecule has 2 aromatic carbocycles. The zero-order valence-electron chi connectivity index (χ0n) is 24.3. The van der Waals surface area contributed by atoms with Crippen molar-refractivity contribution in [3.05, 3.63) is 46.1 Å². The van der Waals surface area contributed by atoms with Crippen LogP contribution in [-0.4, -0.2) is 43.2 Å². The number of furan rings is 1. The number of benzene rings is 2. The molecule has 0 amide bonds. The number of aliphatic hydroxyl groups excluding tert-OH is 1. The molecule has 8 nitrogen and oxygen atoms in total. The Bertz CT molecular complexity index is 1530. The summed E-state index contributed by atoms with van der Waals surface area (Å²) >= 11 is 0. The summed E-state index contributed by atoms with van der Waals surface area (Å²) in [6.45, 7) is 16.1. The number of ketones is 2. The van der Waals surface area contributed by atoms with Crippen molar-refractivity contribution < 1.29 is 39.5 Å². The maximum atomic E-state index is 13.6. The topological polar surface area (TPSA) is 148 Å². The van der Waals surface area contributed by atoms with Gasteiger partial charge in [0.15, 0.2) is 17.1 Å². The summed E-state index contributed by atoms with van der Waals surface area (Å²) < 4.78 is 6.11. The minimum absolute atomic E-state index is 0.0119. The second kappa shape index (κ2) is 11.8. The lowest BCUT2D eigenvalue weighted by Gasteiger charge is -2.17. The van der Waals surface area contributed by atoms with Crippen molar-refractivity contribution >= 4 is 33.5 Å². The van der Waals surface area contributed by atoms with Crippen LogP contribution in [0, 0.1) is 11.8 Å². The lowest BCUT2D eigenvalue weighted by atomic mass is 9.88. The quantitative estimate of drug-likeness (QED) is 0.128. The minimum Gasteiger partial charge on any atom is -0.507 e. The molecule has 0 radical (unpaired) electrons. The Hall–Kier alpha value is -3.78. The predicted octanol–water partition coefficient (Wildman–Crippen LogP) is 6.85. The van der Waals surface area contributed by atoms with Crippen molar-refractivity contribution in [2.75, 3.05) is 0 Å². The van der Waals surface area contributed by atoms with Gasteiger partial charge in [0.25, 0.3) is 0 Å². The van der Waals surface area contributed by atoms with Crippen LogP contribution in [0.3, 0.4) is 0 Å². The number of phenolic OH excluding ortho intramolecular Hbond substituents is 4. The van der Waals surface area contributed by atoms with E-state index in [2.05, 4.69) is 6.58 Å². The number of aromatic hydroxyl groups is 4. The number of allylic oxidation sites excluding steroid dienone is 2. The first-order valence-corrected chi connectivity index (χ1v) is 13.6. The molecular weight excluding hydrogens is 512 g/mol. The molecule has 3 aromatic rings. The number of fused-ring (bicyclic) bond motifs is 3. The molecule has 0 spiro atoms. The second-order valence-corrected chi connectivity index (χ2v) is 11.0. The first-order chi connectivity index (χ1) is 18.7. The maximum Gasteiger partial charge on any atom is 0.173 e. The average Bonchev–Trinajstić information content (AvgIpc) is 3.29. The van der Waals surface area contributed by atoms with Gasteiger partial charge in [-0.25, -0.2) is 0 Å². The lowest BCUT2D eigenvalue weighted by molar-refractivity contribution is 0.0915. The number of Topliss-reactive ketones (excluding diaryl/α,β-unsaturated/α-hetero) is 2. The third-order valence-electron chi connectivity index (χ3n) is 7.74. The molecule has 0 fully saturated rings. The fraction of sp³-hybridized carbons (Fsp3) is 0.438. The van der Waals surface area contributed by atoms with Gasteiger partial charge in [-0.3, -0.25) is 9.59 Å². The number of phenols is 4. The van der Waals surface area contributed by atoms with Crippen LogP contribution in [0.25, 0.3) is 21.9 Å². The highest BCUT2D eigenvalue weighted by molar-refractivity contribution is 6.22. The van der Waals surface area contributed by atoms with E-state index in [1.165, 1.54) is 0 Å². The van der Waals surface area contributed by atoms with Crippen molar-refractivity contribution in [1.29, 1.82) is 0 Å². The van der Waals surface area contributed by atoms with Gasteiger partial charge in [-0.15, -0.1) is 0 Å². The predicted molar refractivity (Wildman–Crippen MR) is 156 cm³/mol. The normalized spacial score (nSPS) is 13.8. The summed E-state index contributed by atoms with van der Waals surface area (Å²) in [6, 6.07) is 0. The third-order valence-corrected chi connectivity index (χ3v) is 7.74. The first-order valence-electron chi connectivity index (χ1n) is 13.6. The van der Waals surface area contributed by atoms with Crippen molar-refractivity contribution in [3.63, 3.8) is 0 Å². The van der Waals surface area contributed by atoms with Gasteiger partial charge < -0.3 is 29.9 Å². The van der Waals surface area contributed by atoms with Gasteiger partial charge in [-0.05, 0) is 40.0 Å². The monoisotopic (exact) mass is 552 g/mol. The van der Waals surface area contributed by atoms with Gasteiger partial charge in [0, 0.05) is 29.4 Å². The Kier molecular flexibility index (Phi) is 9.04. The van der Waals surface area contributed by atoms with E-state index in [-0.39, 0.29) is 57.0 Å². The molecule has 0 aliphatic carbocycles. The molecule has 0 aliphatic heterocycles. The molecule has 5 N–H and O–H groups in total. The lowest BCUT2D eigenvalue weighted by Crippen LogP contribution is -2.15. The molecule has 0 saturated carbocycles. The standard InChI is InChI=1S/C32H40O8/c1-9-16(7)25(34)23-29(38)19(13-20(33)15(5)6)31-22(30(23)39)21-27(36)18(12-11-14(3)4)28(37)24(32(21)40-31)26(35)17(8)10-2/h11,16-17,20,33,36-39H,5,9-10,12-13H2,1-4,6-8H3/t16-,17-,20-/m1/s1. The van der Waals surface area contributed by atoms with Gasteiger partial charge in [-0.1, -0.05) is 51.5 Å². The SMILES string of the molecule is C=C(C)[C@H](O)Cc1c(O)c(C(=O)[C@H](C)CC)c(O)c2c1oc1c(C(=O)[C@H](C)CC)c(O)c(CC=C(C)C)c(O)c12. The third kappa shape index (κ3) is 5.20. The van der Waals surface area contributed by atoms with E-state index in [9.17, 15) is 35.1 Å². The van der Waals surface area contributed by atoms with E-state index in [0.29, 0.717) is 18.4 Å². The molecule has 1 heterocycles. The van der Waals surface area contributed by atoms with Crippen LogP contribution in [0.15, 0.2) is 28.2 Å². The molecule has 0 aliphatic rings. The molecular formula is C32H40O8. The Morgan fingerprint density at radius 1 is 0.800 bits per heavy atom. The molecule has 1 aromatic heterocycles. The smallest absolute Gasteiger partial charge is 0.173 e. The fourth-order valence-corrected chi connectivity index (χ4v) is 4.67.